The van der Waals surface area contributed by atoms with Crippen LogP contribution in [0.5, 0.6) is 5.75 Å². The van der Waals surface area contributed by atoms with Crippen LogP contribution in [0.15, 0.2) is 24.3 Å². The van der Waals surface area contributed by atoms with E-state index in [0.29, 0.717) is 38.5 Å². The second kappa shape index (κ2) is 8.99. The molecule has 0 bridgehead atoms. The van der Waals surface area contributed by atoms with E-state index >= 15 is 0 Å². The lowest BCUT2D eigenvalue weighted by Crippen LogP contribution is -2.47. The summed E-state index contributed by atoms with van der Waals surface area (Å²) in [6.45, 7) is 2.51. The van der Waals surface area contributed by atoms with Crippen molar-refractivity contribution in [3.8, 4) is 5.75 Å². The van der Waals surface area contributed by atoms with Gasteiger partial charge >= 0.3 is 0 Å². The number of rotatable bonds is 7. The zero-order valence-corrected chi connectivity index (χ0v) is 16.1. The number of ether oxygens (including phenoxy) is 1. The van der Waals surface area contributed by atoms with Crippen molar-refractivity contribution in [1.82, 2.24) is 13.9 Å². The van der Waals surface area contributed by atoms with E-state index in [0.717, 1.165) is 25.7 Å². The minimum Gasteiger partial charge on any atom is -0.484 e. The molecule has 27 heavy (non-hydrogen) atoms. The molecule has 1 N–H and O–H groups in total. The first-order valence-electron chi connectivity index (χ1n) is 9.35. The summed E-state index contributed by atoms with van der Waals surface area (Å²) in [6.07, 6.45) is 3.30. The molecule has 150 valence electrons. The molecule has 2 fully saturated rings. The van der Waals surface area contributed by atoms with Gasteiger partial charge in [0.05, 0.1) is 0 Å². The van der Waals surface area contributed by atoms with Crippen molar-refractivity contribution in [2.24, 2.45) is 5.92 Å². The molecule has 0 atom stereocenters. The van der Waals surface area contributed by atoms with Crippen LogP contribution in [0.3, 0.4) is 0 Å². The Hall–Kier alpha value is -1.71. The molecule has 1 amide bonds. The van der Waals surface area contributed by atoms with Gasteiger partial charge in [0.25, 0.3) is 16.1 Å². The van der Waals surface area contributed by atoms with Crippen LogP contribution in [0.25, 0.3) is 0 Å². The van der Waals surface area contributed by atoms with Crippen LogP contribution in [0.1, 0.15) is 25.7 Å². The molecular formula is C18H26FN3O4S. The molecule has 9 heteroatoms. The van der Waals surface area contributed by atoms with E-state index in [4.69, 9.17) is 4.74 Å². The van der Waals surface area contributed by atoms with Gasteiger partial charge in [-0.2, -0.15) is 17.0 Å². The molecule has 1 aromatic carbocycles. The van der Waals surface area contributed by atoms with Gasteiger partial charge in [0.15, 0.2) is 6.61 Å². The number of hydrogen-bond acceptors (Lipinski definition) is 4. The lowest BCUT2D eigenvalue weighted by atomic mass is 9.98. The van der Waals surface area contributed by atoms with Crippen molar-refractivity contribution in [3.63, 3.8) is 0 Å². The first-order valence-corrected chi connectivity index (χ1v) is 10.7. The molecule has 0 radical (unpaired) electrons. The van der Waals surface area contributed by atoms with Gasteiger partial charge < -0.3 is 10.1 Å². The number of nitrogens with zero attached hydrogens (tertiary/aromatic N) is 2. The Morgan fingerprint density at radius 1 is 1.15 bits per heavy atom. The van der Waals surface area contributed by atoms with Crippen LogP contribution in [0, 0.1) is 11.7 Å². The number of carbonyl (C=O) groups is 1. The van der Waals surface area contributed by atoms with Gasteiger partial charge in [-0.3, -0.25) is 4.79 Å². The molecule has 3 rings (SSSR count). The van der Waals surface area contributed by atoms with Crippen LogP contribution in [-0.4, -0.2) is 62.3 Å². The van der Waals surface area contributed by atoms with Crippen molar-refractivity contribution in [1.29, 1.82) is 0 Å². The van der Waals surface area contributed by atoms with Gasteiger partial charge in [0.1, 0.15) is 11.6 Å². The van der Waals surface area contributed by atoms with E-state index in [9.17, 15) is 17.6 Å². The van der Waals surface area contributed by atoms with Gasteiger partial charge in [-0.25, -0.2) is 4.39 Å². The predicted octanol–water partition coefficient (Wildman–Crippen LogP) is 1.37. The third-order valence-electron chi connectivity index (χ3n) is 5.05. The highest BCUT2D eigenvalue weighted by Gasteiger charge is 2.34. The second-order valence-electron chi connectivity index (χ2n) is 7.01. The number of hydrogen-bond donors (Lipinski definition) is 1. The van der Waals surface area contributed by atoms with Crippen LogP contribution < -0.4 is 10.1 Å². The highest BCUT2D eigenvalue weighted by Crippen LogP contribution is 2.23. The smallest absolute Gasteiger partial charge is 0.281 e. The van der Waals surface area contributed by atoms with E-state index < -0.39 is 16.0 Å². The van der Waals surface area contributed by atoms with E-state index in [1.54, 1.807) is 14.7 Å². The Morgan fingerprint density at radius 2 is 1.81 bits per heavy atom. The molecule has 0 aromatic heterocycles. The molecule has 7 nitrogen and oxygen atoms in total. The molecular weight excluding hydrogens is 373 g/mol. The minimum atomic E-state index is -3.33. The number of benzene rings is 1. The summed E-state index contributed by atoms with van der Waals surface area (Å²) < 4.78 is 46.5. The van der Waals surface area contributed by atoms with Crippen LogP contribution in [-0.2, 0) is 15.0 Å². The summed E-state index contributed by atoms with van der Waals surface area (Å²) in [4.78, 5) is 11.9. The summed E-state index contributed by atoms with van der Waals surface area (Å²) in [5, 5.41) is 2.81. The van der Waals surface area contributed by atoms with Crippen molar-refractivity contribution in [3.05, 3.63) is 30.1 Å². The highest BCUT2D eigenvalue weighted by atomic mass is 32.2. The Morgan fingerprint density at radius 3 is 2.48 bits per heavy atom. The van der Waals surface area contributed by atoms with E-state index in [1.807, 2.05) is 0 Å². The largest absolute Gasteiger partial charge is 0.484 e. The SMILES string of the molecule is O=C(COc1cccc(F)c1)NCC1CCN(S(=O)(=O)N2CCCC2)CC1. The standard InChI is InChI=1S/C18H26FN3O4S/c19-16-4-3-5-17(12-16)26-14-18(23)20-13-15-6-10-22(11-7-15)27(24,25)21-8-1-2-9-21/h3-5,12,15H,1-2,6-11,13-14H2,(H,20,23). The molecule has 1 aromatic rings. The molecule has 0 saturated carbocycles. The average molecular weight is 399 g/mol. The third-order valence-corrected chi connectivity index (χ3v) is 7.08. The van der Waals surface area contributed by atoms with Crippen LogP contribution >= 0.6 is 0 Å². The lowest BCUT2D eigenvalue weighted by Gasteiger charge is -2.33. The number of halogens is 1. The fourth-order valence-electron chi connectivity index (χ4n) is 3.44. The molecule has 0 aliphatic carbocycles. The van der Waals surface area contributed by atoms with Gasteiger partial charge in [-0.1, -0.05) is 6.07 Å². The summed E-state index contributed by atoms with van der Waals surface area (Å²) >= 11 is 0. The van der Waals surface area contributed by atoms with Crippen LogP contribution in [0.4, 0.5) is 4.39 Å². The molecule has 2 aliphatic rings. The van der Waals surface area contributed by atoms with Crippen molar-refractivity contribution >= 4 is 16.1 Å². The zero-order valence-electron chi connectivity index (χ0n) is 15.3. The lowest BCUT2D eigenvalue weighted by molar-refractivity contribution is -0.123. The monoisotopic (exact) mass is 399 g/mol. The predicted molar refractivity (Wildman–Crippen MR) is 98.9 cm³/mol. The fraction of sp³-hybridized carbons (Fsp3) is 0.611. The number of carbonyl (C=O) groups excluding carboxylic acids is 1. The summed E-state index contributed by atoms with van der Waals surface area (Å²) in [5.41, 5.74) is 0. The van der Waals surface area contributed by atoms with Crippen molar-refractivity contribution < 1.29 is 22.3 Å². The summed E-state index contributed by atoms with van der Waals surface area (Å²) in [7, 11) is -3.33. The molecule has 0 unspecified atom stereocenters. The second-order valence-corrected chi connectivity index (χ2v) is 8.93. The number of amides is 1. The molecule has 0 spiro atoms. The molecule has 2 aliphatic heterocycles. The first kappa shape index (κ1) is 20.0. The Bertz CT molecular complexity index is 745. The van der Waals surface area contributed by atoms with Crippen LogP contribution in [0.2, 0.25) is 0 Å². The third kappa shape index (κ3) is 5.40. The van der Waals surface area contributed by atoms with Gasteiger partial charge in [-0.05, 0) is 43.7 Å². The first-order chi connectivity index (χ1) is 12.9. The Labute approximate surface area is 159 Å². The maximum absolute atomic E-state index is 13.1. The number of nitrogens with one attached hydrogen (secondary N) is 1. The maximum atomic E-state index is 13.1. The maximum Gasteiger partial charge on any atom is 0.281 e. The Balaban J connectivity index is 1.37. The summed E-state index contributed by atoms with van der Waals surface area (Å²) in [6, 6.07) is 5.65. The van der Waals surface area contributed by atoms with E-state index in [2.05, 4.69) is 5.32 Å². The normalized spacial score (nSPS) is 19.9. The van der Waals surface area contributed by atoms with E-state index in [1.165, 1.54) is 18.2 Å². The highest BCUT2D eigenvalue weighted by molar-refractivity contribution is 7.86. The Kier molecular flexibility index (Phi) is 6.67. The topological polar surface area (TPSA) is 79.0 Å². The quantitative estimate of drug-likeness (QED) is 0.751. The van der Waals surface area contributed by atoms with Gasteiger partial charge in [0.2, 0.25) is 0 Å². The van der Waals surface area contributed by atoms with Gasteiger partial charge in [-0.15, -0.1) is 0 Å². The van der Waals surface area contributed by atoms with Crippen molar-refractivity contribution in [2.75, 3.05) is 39.3 Å². The molecule has 2 saturated heterocycles. The summed E-state index contributed by atoms with van der Waals surface area (Å²) in [5.74, 6) is -0.131. The minimum absolute atomic E-state index is 0.175. The number of piperidine rings is 1. The van der Waals surface area contributed by atoms with Gasteiger partial charge in [0, 0.05) is 38.8 Å². The van der Waals surface area contributed by atoms with Crippen molar-refractivity contribution in [2.45, 2.75) is 25.7 Å². The average Bonchev–Trinajstić information content (AvgIpc) is 3.21. The van der Waals surface area contributed by atoms with E-state index in [-0.39, 0.29) is 18.4 Å². The fourth-order valence-corrected chi connectivity index (χ4v) is 5.16. The molecule has 2 heterocycles. The zero-order chi connectivity index (χ0) is 19.3.